The van der Waals surface area contributed by atoms with E-state index in [9.17, 15) is 9.59 Å². The predicted octanol–water partition coefficient (Wildman–Crippen LogP) is 1.83. The lowest BCUT2D eigenvalue weighted by molar-refractivity contribution is 0.0980. The van der Waals surface area contributed by atoms with Crippen LogP contribution in [0.25, 0.3) is 0 Å². The average molecular weight is 268 g/mol. The summed E-state index contributed by atoms with van der Waals surface area (Å²) in [4.78, 5) is 26.9. The Bertz CT molecular complexity index is 646. The van der Waals surface area contributed by atoms with Crippen LogP contribution in [0.3, 0.4) is 0 Å². The third-order valence-electron chi connectivity index (χ3n) is 3.59. The second-order valence-corrected chi connectivity index (χ2v) is 5.33. The van der Waals surface area contributed by atoms with Crippen LogP contribution in [0.4, 0.5) is 0 Å². The standard InChI is InChI=1S/C16H16N2O2/c1-17(2)7-8-18-9-13-14(10-18)16(20)12-6-4-3-5-11(12)15(13)19/h3-6,9-10H,7-8H2,1-2H3. The highest BCUT2D eigenvalue weighted by Gasteiger charge is 2.30. The maximum Gasteiger partial charge on any atom is 0.196 e. The first-order valence-electron chi connectivity index (χ1n) is 6.61. The number of hydrogen-bond acceptors (Lipinski definition) is 3. The van der Waals surface area contributed by atoms with Gasteiger partial charge in [0.2, 0.25) is 0 Å². The number of hydrogen-bond donors (Lipinski definition) is 0. The summed E-state index contributed by atoms with van der Waals surface area (Å²) in [6.07, 6.45) is 3.57. The first-order chi connectivity index (χ1) is 9.58. The van der Waals surface area contributed by atoms with Crippen LogP contribution in [0.5, 0.6) is 0 Å². The number of fused-ring (bicyclic) bond motifs is 2. The summed E-state index contributed by atoms with van der Waals surface area (Å²) < 4.78 is 1.92. The molecule has 0 fully saturated rings. The minimum atomic E-state index is -0.0567. The van der Waals surface area contributed by atoms with Crippen LogP contribution in [0.2, 0.25) is 0 Å². The normalized spacial score (nSPS) is 13.6. The summed E-state index contributed by atoms with van der Waals surface area (Å²) in [5.74, 6) is -0.113. The van der Waals surface area contributed by atoms with Crippen molar-refractivity contribution < 1.29 is 9.59 Å². The number of ketones is 2. The van der Waals surface area contributed by atoms with Gasteiger partial charge in [0.05, 0.1) is 11.1 Å². The van der Waals surface area contributed by atoms with E-state index in [0.29, 0.717) is 22.3 Å². The van der Waals surface area contributed by atoms with E-state index in [1.165, 1.54) is 0 Å². The van der Waals surface area contributed by atoms with Gasteiger partial charge in [0.25, 0.3) is 0 Å². The lowest BCUT2D eigenvalue weighted by Gasteiger charge is -2.12. The maximum atomic E-state index is 12.4. The van der Waals surface area contributed by atoms with E-state index < -0.39 is 0 Å². The molecule has 0 saturated carbocycles. The topological polar surface area (TPSA) is 42.3 Å². The summed E-state index contributed by atoms with van der Waals surface area (Å²) in [6.45, 7) is 1.62. The number of carbonyl (C=O) groups excluding carboxylic acids is 2. The molecule has 102 valence electrons. The fourth-order valence-electron chi connectivity index (χ4n) is 2.48. The molecule has 0 spiro atoms. The van der Waals surface area contributed by atoms with Gasteiger partial charge < -0.3 is 9.47 Å². The molecule has 1 heterocycles. The lowest BCUT2D eigenvalue weighted by Crippen LogP contribution is -2.18. The molecule has 0 unspecified atom stereocenters. The number of aromatic nitrogens is 1. The molecule has 20 heavy (non-hydrogen) atoms. The van der Waals surface area contributed by atoms with Crippen molar-refractivity contribution in [1.29, 1.82) is 0 Å². The molecule has 0 N–H and O–H groups in total. The zero-order chi connectivity index (χ0) is 14.3. The lowest BCUT2D eigenvalue weighted by atomic mass is 9.87. The first-order valence-corrected chi connectivity index (χ1v) is 6.61. The van der Waals surface area contributed by atoms with E-state index in [1.54, 1.807) is 36.7 Å². The summed E-state index contributed by atoms with van der Waals surface area (Å²) in [5, 5.41) is 0. The van der Waals surface area contributed by atoms with Gasteiger partial charge in [-0.15, -0.1) is 0 Å². The van der Waals surface area contributed by atoms with Crippen LogP contribution in [-0.4, -0.2) is 41.7 Å². The Morgan fingerprint density at radius 1 is 0.900 bits per heavy atom. The van der Waals surface area contributed by atoms with Crippen molar-refractivity contribution >= 4 is 11.6 Å². The summed E-state index contributed by atoms with van der Waals surface area (Å²) >= 11 is 0. The van der Waals surface area contributed by atoms with Gasteiger partial charge in [0.15, 0.2) is 11.6 Å². The second kappa shape index (κ2) is 4.72. The summed E-state index contributed by atoms with van der Waals surface area (Å²) in [7, 11) is 3.99. The Kier molecular flexibility index (Phi) is 3.03. The number of benzene rings is 1. The quantitative estimate of drug-likeness (QED) is 0.727. The van der Waals surface area contributed by atoms with Crippen LogP contribution < -0.4 is 0 Å². The van der Waals surface area contributed by atoms with Gasteiger partial charge in [0.1, 0.15) is 0 Å². The average Bonchev–Trinajstić information content (AvgIpc) is 2.87. The van der Waals surface area contributed by atoms with Crippen LogP contribution in [0.15, 0.2) is 36.7 Å². The molecule has 1 aromatic carbocycles. The second-order valence-electron chi connectivity index (χ2n) is 5.33. The highest BCUT2D eigenvalue weighted by Crippen LogP contribution is 2.27. The molecule has 0 atom stereocenters. The van der Waals surface area contributed by atoms with Crippen molar-refractivity contribution in [3.05, 3.63) is 58.9 Å². The number of nitrogens with zero attached hydrogens (tertiary/aromatic N) is 2. The molecule has 4 nitrogen and oxygen atoms in total. The van der Waals surface area contributed by atoms with Crippen LogP contribution in [-0.2, 0) is 6.54 Å². The molecule has 1 aromatic heterocycles. The maximum absolute atomic E-state index is 12.4. The fourth-order valence-corrected chi connectivity index (χ4v) is 2.48. The van der Waals surface area contributed by atoms with E-state index >= 15 is 0 Å². The van der Waals surface area contributed by atoms with Gasteiger partial charge in [-0.3, -0.25) is 9.59 Å². The molecule has 0 aliphatic heterocycles. The molecular formula is C16H16N2O2. The van der Waals surface area contributed by atoms with Crippen LogP contribution >= 0.6 is 0 Å². The SMILES string of the molecule is CN(C)CCn1cc2c(c1)C(=O)c1ccccc1C2=O. The molecule has 4 heteroatoms. The Morgan fingerprint density at radius 3 is 1.85 bits per heavy atom. The zero-order valence-corrected chi connectivity index (χ0v) is 11.6. The van der Waals surface area contributed by atoms with Crippen molar-refractivity contribution in [3.8, 4) is 0 Å². The first kappa shape index (κ1) is 12.8. The van der Waals surface area contributed by atoms with Gasteiger partial charge in [-0.05, 0) is 14.1 Å². The van der Waals surface area contributed by atoms with Crippen molar-refractivity contribution in [1.82, 2.24) is 9.47 Å². The van der Waals surface area contributed by atoms with Gasteiger partial charge in [-0.25, -0.2) is 0 Å². The van der Waals surface area contributed by atoms with E-state index in [1.807, 2.05) is 18.7 Å². The minimum Gasteiger partial charge on any atom is -0.351 e. The summed E-state index contributed by atoms with van der Waals surface area (Å²) in [6, 6.07) is 7.02. The Balaban J connectivity index is 2.01. The third kappa shape index (κ3) is 1.98. The van der Waals surface area contributed by atoms with Crippen molar-refractivity contribution in [2.45, 2.75) is 6.54 Å². The molecule has 2 aromatic rings. The summed E-state index contributed by atoms with van der Waals surface area (Å²) in [5.41, 5.74) is 2.06. The zero-order valence-electron chi connectivity index (χ0n) is 11.6. The van der Waals surface area contributed by atoms with Crippen molar-refractivity contribution in [2.24, 2.45) is 0 Å². The highest BCUT2D eigenvalue weighted by atomic mass is 16.1. The van der Waals surface area contributed by atoms with Gasteiger partial charge >= 0.3 is 0 Å². The van der Waals surface area contributed by atoms with E-state index in [-0.39, 0.29) is 11.6 Å². The molecular weight excluding hydrogens is 252 g/mol. The number of likely N-dealkylation sites (N-methyl/N-ethyl adjacent to an activating group) is 1. The van der Waals surface area contributed by atoms with Crippen LogP contribution in [0.1, 0.15) is 31.8 Å². The Morgan fingerprint density at radius 2 is 1.40 bits per heavy atom. The monoisotopic (exact) mass is 268 g/mol. The fraction of sp³-hybridized carbons (Fsp3) is 0.250. The highest BCUT2D eigenvalue weighted by molar-refractivity contribution is 6.28. The molecule has 0 saturated heterocycles. The van der Waals surface area contributed by atoms with E-state index in [2.05, 4.69) is 4.90 Å². The van der Waals surface area contributed by atoms with Gasteiger partial charge in [-0.1, -0.05) is 24.3 Å². The third-order valence-corrected chi connectivity index (χ3v) is 3.59. The number of rotatable bonds is 3. The predicted molar refractivity (Wildman–Crippen MR) is 76.3 cm³/mol. The largest absolute Gasteiger partial charge is 0.351 e. The van der Waals surface area contributed by atoms with Crippen molar-refractivity contribution in [3.63, 3.8) is 0 Å². The molecule has 0 radical (unpaired) electrons. The van der Waals surface area contributed by atoms with Crippen LogP contribution in [0, 0.1) is 0 Å². The minimum absolute atomic E-state index is 0.0567. The molecule has 0 bridgehead atoms. The number of carbonyl (C=O) groups is 2. The molecule has 3 rings (SSSR count). The molecule has 1 aliphatic carbocycles. The Hall–Kier alpha value is -2.20. The molecule has 0 amide bonds. The van der Waals surface area contributed by atoms with E-state index in [0.717, 1.165) is 13.1 Å². The van der Waals surface area contributed by atoms with Gasteiger partial charge in [-0.2, -0.15) is 0 Å². The van der Waals surface area contributed by atoms with Crippen molar-refractivity contribution in [2.75, 3.05) is 20.6 Å². The Labute approximate surface area is 117 Å². The van der Waals surface area contributed by atoms with E-state index in [4.69, 9.17) is 0 Å². The van der Waals surface area contributed by atoms with Gasteiger partial charge in [0, 0.05) is 36.6 Å². The molecule has 1 aliphatic rings. The smallest absolute Gasteiger partial charge is 0.196 e.